The van der Waals surface area contributed by atoms with Gasteiger partial charge in [0.1, 0.15) is 13.2 Å². The van der Waals surface area contributed by atoms with Crippen molar-refractivity contribution in [2.75, 3.05) is 13.2 Å². The Morgan fingerprint density at radius 3 is 0.838 bits per heavy atom. The normalized spacial score (nSPS) is 12.3. The van der Waals surface area contributed by atoms with E-state index in [2.05, 4.69) is 69.4 Å². The lowest BCUT2D eigenvalue weighted by Crippen LogP contribution is -2.30. The molecule has 1 unspecified atom stereocenters. The van der Waals surface area contributed by atoms with Crippen LogP contribution in [0, 0.1) is 0 Å². The standard InChI is InChI=1S/C68H124O6/c1-4-7-10-13-16-19-22-25-28-31-33-34-35-38-40-43-46-49-52-55-58-61-67(70)73-64-65(63-72-66(69)60-57-54-51-48-45-42-39-36-30-27-24-21-18-15-12-9-6-3)74-68(71)62-59-56-53-50-47-44-41-37-32-29-26-23-20-17-14-11-8-5-2/h9,12,18,21,27,30-31,33,65H,4-8,10-11,13-17,19-20,22-26,28-29,32,34-64H2,1-3H3/b12-9-,21-18-,30-27-,33-31-. The predicted molar refractivity (Wildman–Crippen MR) is 321 cm³/mol. The van der Waals surface area contributed by atoms with Gasteiger partial charge >= 0.3 is 17.9 Å². The largest absolute Gasteiger partial charge is 0.462 e. The first-order valence-electron chi connectivity index (χ1n) is 32.6. The van der Waals surface area contributed by atoms with Crippen LogP contribution in [0.3, 0.4) is 0 Å². The molecule has 6 nitrogen and oxygen atoms in total. The van der Waals surface area contributed by atoms with Crippen LogP contribution in [0.15, 0.2) is 48.6 Å². The number of rotatable bonds is 60. The van der Waals surface area contributed by atoms with Crippen molar-refractivity contribution in [2.24, 2.45) is 0 Å². The Morgan fingerprint density at radius 2 is 0.527 bits per heavy atom. The monoisotopic (exact) mass is 1040 g/mol. The van der Waals surface area contributed by atoms with Gasteiger partial charge in [-0.2, -0.15) is 0 Å². The first kappa shape index (κ1) is 71.4. The van der Waals surface area contributed by atoms with Gasteiger partial charge in [0.15, 0.2) is 6.10 Å². The van der Waals surface area contributed by atoms with Crippen molar-refractivity contribution in [3.63, 3.8) is 0 Å². The van der Waals surface area contributed by atoms with Gasteiger partial charge in [0.05, 0.1) is 0 Å². The van der Waals surface area contributed by atoms with Crippen LogP contribution in [-0.2, 0) is 28.6 Å². The second-order valence-electron chi connectivity index (χ2n) is 22.0. The van der Waals surface area contributed by atoms with E-state index in [9.17, 15) is 14.4 Å². The smallest absolute Gasteiger partial charge is 0.306 e. The molecule has 0 aliphatic heterocycles. The van der Waals surface area contributed by atoms with Gasteiger partial charge in [-0.15, -0.1) is 0 Å². The molecule has 0 radical (unpaired) electrons. The fraction of sp³-hybridized carbons (Fsp3) is 0.838. The van der Waals surface area contributed by atoms with Crippen LogP contribution in [0.25, 0.3) is 0 Å². The van der Waals surface area contributed by atoms with Crippen molar-refractivity contribution in [1.29, 1.82) is 0 Å². The fourth-order valence-corrected chi connectivity index (χ4v) is 9.69. The third-order valence-electron chi connectivity index (χ3n) is 14.6. The van der Waals surface area contributed by atoms with Crippen molar-refractivity contribution in [3.8, 4) is 0 Å². The molecule has 0 saturated carbocycles. The summed E-state index contributed by atoms with van der Waals surface area (Å²) in [7, 11) is 0. The summed E-state index contributed by atoms with van der Waals surface area (Å²) >= 11 is 0. The highest BCUT2D eigenvalue weighted by atomic mass is 16.6. The topological polar surface area (TPSA) is 78.9 Å². The van der Waals surface area contributed by atoms with Crippen molar-refractivity contribution < 1.29 is 28.6 Å². The Kier molecular flexibility index (Phi) is 60.7. The molecular formula is C68H124O6. The lowest BCUT2D eigenvalue weighted by Gasteiger charge is -2.18. The molecule has 432 valence electrons. The Hall–Kier alpha value is -2.63. The summed E-state index contributed by atoms with van der Waals surface area (Å²) in [6.07, 6.45) is 78.3. The number of allylic oxidation sites excluding steroid dienone is 8. The maximum atomic E-state index is 12.9. The van der Waals surface area contributed by atoms with Crippen molar-refractivity contribution in [3.05, 3.63) is 48.6 Å². The third kappa shape index (κ3) is 60.2. The van der Waals surface area contributed by atoms with E-state index in [0.717, 1.165) is 83.5 Å². The van der Waals surface area contributed by atoms with E-state index >= 15 is 0 Å². The molecule has 0 bridgehead atoms. The lowest BCUT2D eigenvalue weighted by atomic mass is 10.0. The van der Waals surface area contributed by atoms with E-state index in [1.807, 2.05) is 0 Å². The van der Waals surface area contributed by atoms with Crippen LogP contribution in [0.1, 0.15) is 348 Å². The van der Waals surface area contributed by atoms with Gasteiger partial charge in [-0.3, -0.25) is 14.4 Å². The van der Waals surface area contributed by atoms with Gasteiger partial charge < -0.3 is 14.2 Å². The molecule has 0 aliphatic carbocycles. The van der Waals surface area contributed by atoms with Gasteiger partial charge in [0.25, 0.3) is 0 Å². The van der Waals surface area contributed by atoms with E-state index < -0.39 is 6.10 Å². The van der Waals surface area contributed by atoms with Crippen LogP contribution < -0.4 is 0 Å². The first-order chi connectivity index (χ1) is 36.5. The Labute approximate surface area is 460 Å². The SMILES string of the molecule is CC/C=C\C/C=C\C/C=C\CCCCCCCCCC(=O)OCC(COC(=O)CCCCCCCCCCC/C=C\CCCCCCCCCC)OC(=O)CCCCCCCCCCCCCCCCCCCC. The molecule has 0 rings (SSSR count). The molecular weight excluding hydrogens is 913 g/mol. The quantitative estimate of drug-likeness (QED) is 0.0261. The fourth-order valence-electron chi connectivity index (χ4n) is 9.69. The Morgan fingerprint density at radius 1 is 0.284 bits per heavy atom. The number of esters is 3. The van der Waals surface area contributed by atoms with Gasteiger partial charge in [-0.25, -0.2) is 0 Å². The summed E-state index contributed by atoms with van der Waals surface area (Å²) in [4.78, 5) is 38.4. The second-order valence-corrected chi connectivity index (χ2v) is 22.0. The number of hydrogen-bond acceptors (Lipinski definition) is 6. The number of carbonyl (C=O) groups excluding carboxylic acids is 3. The second kappa shape index (κ2) is 62.9. The van der Waals surface area contributed by atoms with E-state index in [4.69, 9.17) is 14.2 Å². The van der Waals surface area contributed by atoms with Crippen LogP contribution in [0.2, 0.25) is 0 Å². The minimum atomic E-state index is -0.777. The molecule has 0 aromatic rings. The molecule has 0 aromatic carbocycles. The molecule has 0 saturated heterocycles. The first-order valence-corrected chi connectivity index (χ1v) is 32.6. The van der Waals surface area contributed by atoms with Crippen LogP contribution in [0.4, 0.5) is 0 Å². The van der Waals surface area contributed by atoms with Crippen molar-refractivity contribution >= 4 is 17.9 Å². The maximum Gasteiger partial charge on any atom is 0.306 e. The molecule has 0 N–H and O–H groups in total. The van der Waals surface area contributed by atoms with Crippen LogP contribution >= 0.6 is 0 Å². The van der Waals surface area contributed by atoms with Gasteiger partial charge in [-0.1, -0.05) is 301 Å². The predicted octanol–water partition coefficient (Wildman–Crippen LogP) is 22.2. The molecule has 0 aromatic heterocycles. The zero-order valence-electron chi connectivity index (χ0n) is 49.6. The molecule has 74 heavy (non-hydrogen) atoms. The van der Waals surface area contributed by atoms with Crippen molar-refractivity contribution in [1.82, 2.24) is 0 Å². The molecule has 6 heteroatoms. The lowest BCUT2D eigenvalue weighted by molar-refractivity contribution is -0.167. The zero-order chi connectivity index (χ0) is 53.6. The van der Waals surface area contributed by atoms with E-state index in [1.165, 1.54) is 225 Å². The highest BCUT2D eigenvalue weighted by molar-refractivity contribution is 5.71. The summed E-state index contributed by atoms with van der Waals surface area (Å²) in [6.45, 7) is 6.58. The molecule has 0 fully saturated rings. The summed E-state index contributed by atoms with van der Waals surface area (Å²) in [5, 5.41) is 0. The van der Waals surface area contributed by atoms with Crippen LogP contribution in [0.5, 0.6) is 0 Å². The van der Waals surface area contributed by atoms with E-state index in [1.54, 1.807) is 0 Å². The Balaban J connectivity index is 4.33. The Bertz CT molecular complexity index is 1280. The molecule has 1 atom stereocenters. The zero-order valence-corrected chi connectivity index (χ0v) is 49.6. The van der Waals surface area contributed by atoms with E-state index in [-0.39, 0.29) is 31.1 Å². The van der Waals surface area contributed by atoms with Gasteiger partial charge in [-0.05, 0) is 77.0 Å². The van der Waals surface area contributed by atoms with Gasteiger partial charge in [0, 0.05) is 19.3 Å². The average Bonchev–Trinajstić information content (AvgIpc) is 3.40. The van der Waals surface area contributed by atoms with E-state index in [0.29, 0.717) is 19.3 Å². The number of ether oxygens (including phenoxy) is 3. The van der Waals surface area contributed by atoms with Crippen LogP contribution in [-0.4, -0.2) is 37.2 Å². The minimum absolute atomic E-state index is 0.0736. The summed E-state index contributed by atoms with van der Waals surface area (Å²) < 4.78 is 17.0. The summed E-state index contributed by atoms with van der Waals surface area (Å²) in [5.74, 6) is -0.862. The molecule has 0 amide bonds. The molecule has 0 heterocycles. The molecule has 0 aliphatic rings. The number of carbonyl (C=O) groups is 3. The minimum Gasteiger partial charge on any atom is -0.462 e. The summed E-state index contributed by atoms with van der Waals surface area (Å²) in [5.41, 5.74) is 0. The average molecular weight is 1040 g/mol. The highest BCUT2D eigenvalue weighted by Gasteiger charge is 2.19. The van der Waals surface area contributed by atoms with Gasteiger partial charge in [0.2, 0.25) is 0 Å². The number of unbranched alkanes of at least 4 members (excludes halogenated alkanes) is 41. The third-order valence-corrected chi connectivity index (χ3v) is 14.6. The van der Waals surface area contributed by atoms with Crippen molar-refractivity contribution in [2.45, 2.75) is 354 Å². The molecule has 0 spiro atoms. The highest BCUT2D eigenvalue weighted by Crippen LogP contribution is 2.17. The maximum absolute atomic E-state index is 12.9. The number of hydrogen-bond donors (Lipinski definition) is 0. The summed E-state index contributed by atoms with van der Waals surface area (Å²) in [6, 6.07) is 0.